The molecule has 0 aromatic heterocycles. The first-order chi connectivity index (χ1) is 10.1. The number of carbonyl (C=O) groups is 1. The molecule has 0 aliphatic carbocycles. The molecule has 0 radical (unpaired) electrons. The Morgan fingerprint density at radius 2 is 1.76 bits per heavy atom. The summed E-state index contributed by atoms with van der Waals surface area (Å²) in [6.07, 6.45) is 0. The van der Waals surface area contributed by atoms with Crippen LogP contribution in [0.25, 0.3) is 0 Å². The molecule has 0 fully saturated rings. The average Bonchev–Trinajstić information content (AvgIpc) is 2.52. The van der Waals surface area contributed by atoms with E-state index in [4.69, 9.17) is 0 Å². The Morgan fingerprint density at radius 3 is 2.43 bits per heavy atom. The lowest BCUT2D eigenvalue weighted by Crippen LogP contribution is -2.38. The van der Waals surface area contributed by atoms with Gasteiger partial charge in [-0.25, -0.2) is 4.79 Å². The minimum atomic E-state index is -0.207. The molecule has 4 heteroatoms. The first-order valence-electron chi connectivity index (χ1n) is 6.92. The number of para-hydroxylation sites is 1. The van der Waals surface area contributed by atoms with E-state index >= 15 is 0 Å². The minimum Gasteiger partial charge on any atom is -0.508 e. The van der Waals surface area contributed by atoms with Gasteiger partial charge in [-0.2, -0.15) is 0 Å². The fraction of sp³-hybridized carbons (Fsp3) is 0.235. The lowest BCUT2D eigenvalue weighted by Gasteiger charge is -2.26. The summed E-state index contributed by atoms with van der Waals surface area (Å²) < 4.78 is 0. The van der Waals surface area contributed by atoms with E-state index in [1.807, 2.05) is 49.4 Å². The molecule has 1 unspecified atom stereocenters. The largest absolute Gasteiger partial charge is 0.508 e. The monoisotopic (exact) mass is 284 g/mol. The Labute approximate surface area is 125 Å². The zero-order valence-electron chi connectivity index (χ0n) is 12.3. The number of aromatic hydroxyl groups is 1. The van der Waals surface area contributed by atoms with Crippen LogP contribution in [0.15, 0.2) is 54.6 Å². The number of carbonyl (C=O) groups excluding carboxylic acids is 1. The van der Waals surface area contributed by atoms with Crippen molar-refractivity contribution in [3.05, 3.63) is 65.7 Å². The van der Waals surface area contributed by atoms with Crippen molar-refractivity contribution in [1.82, 2.24) is 10.2 Å². The normalized spacial score (nSPS) is 11.7. The van der Waals surface area contributed by atoms with Gasteiger partial charge in [-0.3, -0.25) is 0 Å². The molecule has 21 heavy (non-hydrogen) atoms. The molecule has 2 aromatic rings. The number of nitrogens with zero attached hydrogens (tertiary/aromatic N) is 1. The summed E-state index contributed by atoms with van der Waals surface area (Å²) in [7, 11) is 1.72. The Kier molecular flexibility index (Phi) is 4.82. The molecule has 2 rings (SSSR count). The molecule has 0 saturated carbocycles. The summed E-state index contributed by atoms with van der Waals surface area (Å²) >= 11 is 0. The molecule has 0 bridgehead atoms. The molecule has 110 valence electrons. The number of hydrogen-bond acceptors (Lipinski definition) is 2. The van der Waals surface area contributed by atoms with Crippen molar-refractivity contribution in [3.8, 4) is 5.75 Å². The quantitative estimate of drug-likeness (QED) is 0.905. The van der Waals surface area contributed by atoms with Gasteiger partial charge in [0.25, 0.3) is 0 Å². The van der Waals surface area contributed by atoms with Gasteiger partial charge in [0.1, 0.15) is 5.75 Å². The highest BCUT2D eigenvalue weighted by molar-refractivity contribution is 5.74. The summed E-state index contributed by atoms with van der Waals surface area (Å²) in [6, 6.07) is 16.4. The number of benzene rings is 2. The van der Waals surface area contributed by atoms with Gasteiger partial charge in [-0.1, -0.05) is 48.5 Å². The molecule has 0 aliphatic rings. The number of rotatable bonds is 4. The Bertz CT molecular complexity index is 599. The fourth-order valence-corrected chi connectivity index (χ4v) is 2.12. The molecule has 0 saturated heterocycles. The Hall–Kier alpha value is -2.49. The van der Waals surface area contributed by atoms with Crippen molar-refractivity contribution < 1.29 is 9.90 Å². The van der Waals surface area contributed by atoms with Crippen molar-refractivity contribution in [2.75, 3.05) is 7.05 Å². The first kappa shape index (κ1) is 14.9. The van der Waals surface area contributed by atoms with Crippen LogP contribution in [-0.4, -0.2) is 23.1 Å². The second kappa shape index (κ2) is 6.79. The fourth-order valence-electron chi connectivity index (χ4n) is 2.12. The van der Waals surface area contributed by atoms with Gasteiger partial charge in [-0.15, -0.1) is 0 Å². The lowest BCUT2D eigenvalue weighted by atomic mass is 10.1. The van der Waals surface area contributed by atoms with E-state index in [0.29, 0.717) is 6.54 Å². The van der Waals surface area contributed by atoms with Crippen LogP contribution in [0.3, 0.4) is 0 Å². The van der Waals surface area contributed by atoms with Gasteiger partial charge in [0.15, 0.2) is 0 Å². The summed E-state index contributed by atoms with van der Waals surface area (Å²) in [6.45, 7) is 2.37. The lowest BCUT2D eigenvalue weighted by molar-refractivity contribution is 0.193. The summed E-state index contributed by atoms with van der Waals surface area (Å²) in [5.74, 6) is 0.202. The third kappa shape index (κ3) is 3.75. The maximum atomic E-state index is 12.2. The Balaban J connectivity index is 1.97. The van der Waals surface area contributed by atoms with Gasteiger partial charge >= 0.3 is 6.03 Å². The van der Waals surface area contributed by atoms with E-state index in [0.717, 1.165) is 11.1 Å². The predicted molar refractivity (Wildman–Crippen MR) is 83.0 cm³/mol. The smallest absolute Gasteiger partial charge is 0.317 e. The maximum absolute atomic E-state index is 12.2. The van der Waals surface area contributed by atoms with Crippen molar-refractivity contribution >= 4 is 6.03 Å². The first-order valence-corrected chi connectivity index (χ1v) is 6.92. The van der Waals surface area contributed by atoms with Crippen molar-refractivity contribution in [2.45, 2.75) is 19.5 Å². The van der Waals surface area contributed by atoms with Crippen molar-refractivity contribution in [3.63, 3.8) is 0 Å². The molecule has 2 amide bonds. The number of phenolic OH excluding ortho intramolecular Hbond substituents is 1. The van der Waals surface area contributed by atoms with Crippen LogP contribution in [0.5, 0.6) is 5.75 Å². The highest BCUT2D eigenvalue weighted by Gasteiger charge is 2.19. The van der Waals surface area contributed by atoms with E-state index in [1.54, 1.807) is 24.1 Å². The van der Waals surface area contributed by atoms with E-state index in [2.05, 4.69) is 5.32 Å². The molecule has 0 heterocycles. The molecule has 2 N–H and O–H groups in total. The summed E-state index contributed by atoms with van der Waals surface area (Å²) in [5, 5.41) is 12.7. The van der Waals surface area contributed by atoms with E-state index in [1.165, 1.54) is 0 Å². The minimum absolute atomic E-state index is 0.172. The molecule has 1 atom stereocenters. The highest BCUT2D eigenvalue weighted by atomic mass is 16.3. The SMILES string of the molecule is CC(c1ccccc1O)N(C)C(=O)NCc1ccccc1. The van der Waals surface area contributed by atoms with Gasteiger partial charge in [0, 0.05) is 19.2 Å². The molecular weight excluding hydrogens is 264 g/mol. The molecule has 2 aromatic carbocycles. The van der Waals surface area contributed by atoms with E-state index in [9.17, 15) is 9.90 Å². The predicted octanol–water partition coefficient (Wildman–Crippen LogP) is 3.29. The number of nitrogens with one attached hydrogen (secondary N) is 1. The van der Waals surface area contributed by atoms with Gasteiger partial charge < -0.3 is 15.3 Å². The van der Waals surface area contributed by atoms with E-state index in [-0.39, 0.29) is 17.8 Å². The van der Waals surface area contributed by atoms with Crippen LogP contribution >= 0.6 is 0 Å². The highest BCUT2D eigenvalue weighted by Crippen LogP contribution is 2.26. The number of hydrogen-bond donors (Lipinski definition) is 2. The standard InChI is InChI=1S/C17H20N2O2/c1-13(15-10-6-7-11-16(15)20)19(2)17(21)18-12-14-8-4-3-5-9-14/h3-11,13,20H,12H2,1-2H3,(H,18,21). The van der Waals surface area contributed by atoms with Crippen LogP contribution in [0.4, 0.5) is 4.79 Å². The second-order valence-electron chi connectivity index (χ2n) is 4.99. The number of phenols is 1. The summed E-state index contributed by atoms with van der Waals surface area (Å²) in [5.41, 5.74) is 1.78. The molecule has 4 nitrogen and oxygen atoms in total. The third-order valence-electron chi connectivity index (χ3n) is 3.57. The summed E-state index contributed by atoms with van der Waals surface area (Å²) in [4.78, 5) is 13.8. The number of amides is 2. The zero-order valence-corrected chi connectivity index (χ0v) is 12.3. The zero-order chi connectivity index (χ0) is 15.2. The van der Waals surface area contributed by atoms with Crippen molar-refractivity contribution in [2.24, 2.45) is 0 Å². The van der Waals surface area contributed by atoms with Crippen LogP contribution < -0.4 is 5.32 Å². The third-order valence-corrected chi connectivity index (χ3v) is 3.57. The van der Waals surface area contributed by atoms with Crippen LogP contribution in [0, 0.1) is 0 Å². The average molecular weight is 284 g/mol. The topological polar surface area (TPSA) is 52.6 Å². The molecule has 0 spiro atoms. The Morgan fingerprint density at radius 1 is 1.14 bits per heavy atom. The number of urea groups is 1. The molecule has 0 aliphatic heterocycles. The van der Waals surface area contributed by atoms with Crippen molar-refractivity contribution in [1.29, 1.82) is 0 Å². The van der Waals surface area contributed by atoms with Gasteiger partial charge in [0.05, 0.1) is 6.04 Å². The van der Waals surface area contributed by atoms with Crippen LogP contribution in [0.1, 0.15) is 24.1 Å². The molecular formula is C17H20N2O2. The van der Waals surface area contributed by atoms with Crippen LogP contribution in [0.2, 0.25) is 0 Å². The van der Waals surface area contributed by atoms with E-state index < -0.39 is 0 Å². The van der Waals surface area contributed by atoms with Gasteiger partial charge in [-0.05, 0) is 18.6 Å². The van der Waals surface area contributed by atoms with Crippen LogP contribution in [-0.2, 0) is 6.54 Å². The second-order valence-corrected chi connectivity index (χ2v) is 4.99. The maximum Gasteiger partial charge on any atom is 0.317 e. The van der Waals surface area contributed by atoms with Gasteiger partial charge in [0.2, 0.25) is 0 Å².